The minimum Gasteiger partial charge on any atom is -0.391 e. The van der Waals surface area contributed by atoms with Gasteiger partial charge >= 0.3 is 0 Å². The molecule has 82 valence electrons. The third-order valence-electron chi connectivity index (χ3n) is 2.17. The van der Waals surface area contributed by atoms with E-state index in [2.05, 4.69) is 15.1 Å². The number of rotatable bonds is 2. The SMILES string of the molecule is Cc1nnc(N2CCOC(C(N)=S)C2)s1. The van der Waals surface area contributed by atoms with Gasteiger partial charge < -0.3 is 15.4 Å². The number of anilines is 1. The quantitative estimate of drug-likeness (QED) is 0.757. The van der Waals surface area contributed by atoms with E-state index in [9.17, 15) is 0 Å². The second-order valence-electron chi connectivity index (χ2n) is 3.31. The van der Waals surface area contributed by atoms with Crippen LogP contribution in [-0.4, -0.2) is 41.0 Å². The number of nitrogens with zero attached hydrogens (tertiary/aromatic N) is 3. The van der Waals surface area contributed by atoms with Crippen LogP contribution in [0.2, 0.25) is 0 Å². The zero-order valence-electron chi connectivity index (χ0n) is 8.34. The fraction of sp³-hybridized carbons (Fsp3) is 0.625. The molecule has 5 nitrogen and oxygen atoms in total. The smallest absolute Gasteiger partial charge is 0.208 e. The van der Waals surface area contributed by atoms with Crippen LogP contribution in [0.4, 0.5) is 5.13 Å². The summed E-state index contributed by atoms with van der Waals surface area (Å²) in [5.74, 6) is 0. The van der Waals surface area contributed by atoms with Crippen LogP contribution in [0, 0.1) is 6.92 Å². The maximum atomic E-state index is 5.56. The molecular weight excluding hydrogens is 232 g/mol. The third-order valence-corrected chi connectivity index (χ3v) is 3.33. The first-order valence-corrected chi connectivity index (χ1v) is 5.85. The highest BCUT2D eigenvalue weighted by Crippen LogP contribution is 2.21. The Morgan fingerprint density at radius 1 is 1.67 bits per heavy atom. The van der Waals surface area contributed by atoms with Gasteiger partial charge in [-0.2, -0.15) is 0 Å². The Kier molecular flexibility index (Phi) is 3.13. The molecule has 1 saturated heterocycles. The highest BCUT2D eigenvalue weighted by molar-refractivity contribution is 7.80. The number of nitrogens with two attached hydrogens (primary N) is 1. The first-order valence-electron chi connectivity index (χ1n) is 4.63. The van der Waals surface area contributed by atoms with E-state index >= 15 is 0 Å². The molecule has 2 N–H and O–H groups in total. The van der Waals surface area contributed by atoms with Crippen molar-refractivity contribution in [2.45, 2.75) is 13.0 Å². The van der Waals surface area contributed by atoms with Crippen LogP contribution < -0.4 is 10.6 Å². The van der Waals surface area contributed by atoms with Crippen molar-refractivity contribution in [1.82, 2.24) is 10.2 Å². The minimum absolute atomic E-state index is 0.169. The molecule has 1 unspecified atom stereocenters. The second-order valence-corrected chi connectivity index (χ2v) is 4.94. The Labute approximate surface area is 97.2 Å². The molecule has 0 aliphatic carbocycles. The van der Waals surface area contributed by atoms with E-state index in [4.69, 9.17) is 22.7 Å². The van der Waals surface area contributed by atoms with Gasteiger partial charge in [0.25, 0.3) is 0 Å². The van der Waals surface area contributed by atoms with E-state index in [-0.39, 0.29) is 6.10 Å². The van der Waals surface area contributed by atoms with Gasteiger partial charge in [-0.25, -0.2) is 0 Å². The van der Waals surface area contributed by atoms with Crippen molar-refractivity contribution in [1.29, 1.82) is 0 Å². The van der Waals surface area contributed by atoms with Crippen molar-refractivity contribution in [2.24, 2.45) is 5.73 Å². The van der Waals surface area contributed by atoms with Gasteiger partial charge in [0.15, 0.2) is 0 Å². The lowest BCUT2D eigenvalue weighted by Crippen LogP contribution is -2.47. The van der Waals surface area contributed by atoms with Gasteiger partial charge in [0.2, 0.25) is 5.13 Å². The lowest BCUT2D eigenvalue weighted by molar-refractivity contribution is 0.0846. The number of hydrogen-bond acceptors (Lipinski definition) is 6. The van der Waals surface area contributed by atoms with Crippen molar-refractivity contribution in [3.63, 3.8) is 0 Å². The molecule has 1 fully saturated rings. The lowest BCUT2D eigenvalue weighted by atomic mass is 10.3. The summed E-state index contributed by atoms with van der Waals surface area (Å²) in [6.45, 7) is 4.05. The van der Waals surface area contributed by atoms with Crippen molar-refractivity contribution >= 4 is 33.7 Å². The molecule has 0 saturated carbocycles. The molecule has 1 aromatic rings. The molecule has 0 spiro atoms. The van der Waals surface area contributed by atoms with Gasteiger partial charge in [0.1, 0.15) is 16.1 Å². The summed E-state index contributed by atoms with van der Waals surface area (Å²) in [5, 5.41) is 9.95. The summed E-state index contributed by atoms with van der Waals surface area (Å²) >= 11 is 6.49. The molecule has 1 aromatic heterocycles. The number of thiocarbonyl (C=S) groups is 1. The second kappa shape index (κ2) is 4.38. The monoisotopic (exact) mass is 244 g/mol. The number of hydrogen-bond donors (Lipinski definition) is 1. The number of aromatic nitrogens is 2. The molecule has 1 aliphatic rings. The zero-order chi connectivity index (χ0) is 10.8. The van der Waals surface area contributed by atoms with E-state index in [1.165, 1.54) is 0 Å². The van der Waals surface area contributed by atoms with Gasteiger partial charge in [0.05, 0.1) is 13.2 Å². The molecule has 7 heteroatoms. The zero-order valence-corrected chi connectivity index (χ0v) is 9.98. The van der Waals surface area contributed by atoms with Crippen LogP contribution in [0.5, 0.6) is 0 Å². The van der Waals surface area contributed by atoms with Gasteiger partial charge in [0, 0.05) is 6.54 Å². The van der Waals surface area contributed by atoms with Gasteiger partial charge in [-0.05, 0) is 6.92 Å². The highest BCUT2D eigenvalue weighted by atomic mass is 32.1. The van der Waals surface area contributed by atoms with Crippen molar-refractivity contribution in [3.8, 4) is 0 Å². The Balaban J connectivity index is 2.07. The summed E-state index contributed by atoms with van der Waals surface area (Å²) < 4.78 is 5.45. The van der Waals surface area contributed by atoms with Crippen LogP contribution in [-0.2, 0) is 4.74 Å². The standard InChI is InChI=1S/C8H12N4OS2/c1-5-10-11-8(15-5)12-2-3-13-6(4-12)7(9)14/h6H,2-4H2,1H3,(H2,9,14). The van der Waals surface area contributed by atoms with Crippen LogP contribution >= 0.6 is 23.6 Å². The molecule has 0 bridgehead atoms. The molecule has 0 radical (unpaired) electrons. The molecule has 1 atom stereocenters. The van der Waals surface area contributed by atoms with Crippen molar-refractivity contribution in [2.75, 3.05) is 24.6 Å². The molecule has 15 heavy (non-hydrogen) atoms. The number of morpholine rings is 1. The fourth-order valence-corrected chi connectivity index (χ4v) is 2.27. The lowest BCUT2D eigenvalue weighted by Gasteiger charge is -2.31. The van der Waals surface area contributed by atoms with Crippen LogP contribution in [0.15, 0.2) is 0 Å². The minimum atomic E-state index is -0.169. The first kappa shape index (κ1) is 10.7. The van der Waals surface area contributed by atoms with Gasteiger partial charge in [-0.1, -0.05) is 23.6 Å². The largest absolute Gasteiger partial charge is 0.391 e. The fourth-order valence-electron chi connectivity index (χ4n) is 1.41. The van der Waals surface area contributed by atoms with Crippen molar-refractivity contribution < 1.29 is 4.74 Å². The molecular formula is C8H12N4OS2. The Morgan fingerprint density at radius 2 is 2.47 bits per heavy atom. The van der Waals surface area contributed by atoms with Crippen LogP contribution in [0.3, 0.4) is 0 Å². The summed E-state index contributed by atoms with van der Waals surface area (Å²) in [7, 11) is 0. The average Bonchev–Trinajstić information content (AvgIpc) is 2.65. The van der Waals surface area contributed by atoms with E-state index in [0.717, 1.165) is 16.7 Å². The van der Waals surface area contributed by atoms with E-state index in [1.807, 2.05) is 6.92 Å². The molecule has 0 aromatic carbocycles. The summed E-state index contributed by atoms with van der Waals surface area (Å²) in [6, 6.07) is 0. The maximum absolute atomic E-state index is 5.56. The van der Waals surface area contributed by atoms with Crippen LogP contribution in [0.25, 0.3) is 0 Å². The van der Waals surface area contributed by atoms with Crippen molar-refractivity contribution in [3.05, 3.63) is 5.01 Å². The maximum Gasteiger partial charge on any atom is 0.208 e. The average molecular weight is 244 g/mol. The topological polar surface area (TPSA) is 64.3 Å². The van der Waals surface area contributed by atoms with E-state index in [0.29, 0.717) is 18.1 Å². The molecule has 2 rings (SSSR count). The van der Waals surface area contributed by atoms with Gasteiger partial charge in [-0.15, -0.1) is 10.2 Å². The Morgan fingerprint density at radius 3 is 3.07 bits per heavy atom. The Bertz CT molecular complexity index is 367. The molecule has 0 amide bonds. The number of ether oxygens (including phenoxy) is 1. The summed E-state index contributed by atoms with van der Waals surface area (Å²) in [5.41, 5.74) is 5.56. The predicted octanol–water partition coefficient (Wildman–Crippen LogP) is 0.338. The normalized spacial score (nSPS) is 21.7. The molecule has 2 heterocycles. The third kappa shape index (κ3) is 2.42. The Hall–Kier alpha value is -0.790. The highest BCUT2D eigenvalue weighted by Gasteiger charge is 2.24. The predicted molar refractivity (Wildman–Crippen MR) is 63.4 cm³/mol. The summed E-state index contributed by atoms with van der Waals surface area (Å²) in [6.07, 6.45) is -0.169. The van der Waals surface area contributed by atoms with Crippen LogP contribution in [0.1, 0.15) is 5.01 Å². The number of aryl methyl sites for hydroxylation is 1. The van der Waals surface area contributed by atoms with Gasteiger partial charge in [-0.3, -0.25) is 0 Å². The first-order chi connectivity index (χ1) is 7.16. The summed E-state index contributed by atoms with van der Waals surface area (Å²) in [4.78, 5) is 2.51. The van der Waals surface area contributed by atoms with E-state index in [1.54, 1.807) is 11.3 Å². The molecule has 1 aliphatic heterocycles. The van der Waals surface area contributed by atoms with E-state index < -0.39 is 0 Å².